The summed E-state index contributed by atoms with van der Waals surface area (Å²) in [6.45, 7) is 2.00. The van der Waals surface area contributed by atoms with E-state index in [0.717, 1.165) is 15.7 Å². The van der Waals surface area contributed by atoms with Crippen LogP contribution in [0.1, 0.15) is 15.9 Å². The van der Waals surface area contributed by atoms with Gasteiger partial charge >= 0.3 is 5.97 Å². The normalized spacial score (nSPS) is 10.2. The number of esters is 1. The second-order valence-corrected chi connectivity index (χ2v) is 5.26. The van der Waals surface area contributed by atoms with E-state index >= 15 is 0 Å². The number of carbonyl (C=O) groups excluding carboxylic acids is 1. The molecule has 3 N–H and O–H groups in total. The molecule has 2 aromatic rings. The van der Waals surface area contributed by atoms with Gasteiger partial charge in [-0.05, 0) is 58.7 Å². The molecule has 0 spiro atoms. The Morgan fingerprint density at radius 3 is 2.65 bits per heavy atom. The molecule has 0 saturated heterocycles. The smallest absolute Gasteiger partial charge is 0.340 e. The van der Waals surface area contributed by atoms with Crippen molar-refractivity contribution in [3.63, 3.8) is 0 Å². The van der Waals surface area contributed by atoms with Gasteiger partial charge in [-0.15, -0.1) is 0 Å². The first kappa shape index (κ1) is 14.4. The van der Waals surface area contributed by atoms with Crippen LogP contribution in [0.25, 0.3) is 0 Å². The monoisotopic (exact) mass is 334 g/mol. The maximum atomic E-state index is 11.8. The second kappa shape index (κ2) is 5.96. The fourth-order valence-electron chi connectivity index (χ4n) is 1.83. The number of benzene rings is 2. The van der Waals surface area contributed by atoms with E-state index in [2.05, 4.69) is 21.2 Å². The molecule has 0 bridgehead atoms. The zero-order valence-electron chi connectivity index (χ0n) is 11.2. The fourth-order valence-corrected chi connectivity index (χ4v) is 2.18. The van der Waals surface area contributed by atoms with Crippen LogP contribution in [0.3, 0.4) is 0 Å². The number of nitrogen functional groups attached to an aromatic ring is 1. The Morgan fingerprint density at radius 1 is 1.20 bits per heavy atom. The van der Waals surface area contributed by atoms with Crippen molar-refractivity contribution in [1.29, 1.82) is 0 Å². The molecule has 104 valence electrons. The van der Waals surface area contributed by atoms with Gasteiger partial charge in [0.15, 0.2) is 0 Å². The molecule has 2 rings (SSSR count). The highest BCUT2D eigenvalue weighted by atomic mass is 79.9. The molecular weight excluding hydrogens is 320 g/mol. The summed E-state index contributed by atoms with van der Waals surface area (Å²) in [6.07, 6.45) is 0. The summed E-state index contributed by atoms with van der Waals surface area (Å²) in [5.74, 6) is -0.427. The standard InChI is InChI=1S/C15H15BrN2O2/c1-9-3-5-12(16)14(7-9)18-13-6-4-10(17)8-11(13)15(19)20-2/h3-8,18H,17H2,1-2H3. The molecule has 0 unspecified atom stereocenters. The first-order valence-corrected chi connectivity index (χ1v) is 6.81. The molecule has 5 heteroatoms. The molecule has 20 heavy (non-hydrogen) atoms. The SMILES string of the molecule is COC(=O)c1cc(N)ccc1Nc1cc(C)ccc1Br. The number of ether oxygens (including phenoxy) is 1. The number of nitrogens with one attached hydrogen (secondary N) is 1. The van der Waals surface area contributed by atoms with Gasteiger partial charge in [-0.2, -0.15) is 0 Å². The lowest BCUT2D eigenvalue weighted by molar-refractivity contribution is 0.0602. The van der Waals surface area contributed by atoms with Crippen molar-refractivity contribution in [3.05, 3.63) is 52.0 Å². The third-order valence-electron chi connectivity index (χ3n) is 2.84. The van der Waals surface area contributed by atoms with Crippen molar-refractivity contribution in [2.45, 2.75) is 6.92 Å². The summed E-state index contributed by atoms with van der Waals surface area (Å²) < 4.78 is 5.69. The quantitative estimate of drug-likeness (QED) is 0.660. The molecule has 0 aliphatic carbocycles. The number of methoxy groups -OCH3 is 1. The van der Waals surface area contributed by atoms with Gasteiger partial charge < -0.3 is 15.8 Å². The van der Waals surface area contributed by atoms with Crippen LogP contribution in [0.15, 0.2) is 40.9 Å². The van der Waals surface area contributed by atoms with Crippen LogP contribution in [0.5, 0.6) is 0 Å². The van der Waals surface area contributed by atoms with Crippen molar-refractivity contribution in [3.8, 4) is 0 Å². The lowest BCUT2D eigenvalue weighted by Gasteiger charge is -2.13. The van der Waals surface area contributed by atoms with E-state index in [0.29, 0.717) is 16.9 Å². The molecule has 0 atom stereocenters. The molecule has 0 radical (unpaired) electrons. The van der Waals surface area contributed by atoms with Crippen molar-refractivity contribution in [2.24, 2.45) is 0 Å². The molecular formula is C15H15BrN2O2. The summed E-state index contributed by atoms with van der Waals surface area (Å²) in [4.78, 5) is 11.8. The lowest BCUT2D eigenvalue weighted by Crippen LogP contribution is -2.06. The Hall–Kier alpha value is -2.01. The van der Waals surface area contributed by atoms with Gasteiger partial charge in [0.25, 0.3) is 0 Å². The topological polar surface area (TPSA) is 64.3 Å². The van der Waals surface area contributed by atoms with Crippen LogP contribution in [0, 0.1) is 6.92 Å². The number of nitrogens with two attached hydrogens (primary N) is 1. The summed E-state index contributed by atoms with van der Waals surface area (Å²) in [6, 6.07) is 11.0. The van der Waals surface area contributed by atoms with E-state index in [1.165, 1.54) is 7.11 Å². The van der Waals surface area contributed by atoms with Crippen LogP contribution in [-0.2, 0) is 4.74 Å². The zero-order chi connectivity index (χ0) is 14.7. The molecule has 0 fully saturated rings. The van der Waals surface area contributed by atoms with Gasteiger partial charge in [0.2, 0.25) is 0 Å². The van der Waals surface area contributed by atoms with Crippen molar-refractivity contribution >= 4 is 39.0 Å². The van der Waals surface area contributed by atoms with Gasteiger partial charge in [-0.3, -0.25) is 0 Å². The molecule has 0 aliphatic heterocycles. The minimum atomic E-state index is -0.427. The Kier molecular flexibility index (Phi) is 4.29. The molecule has 0 aliphatic rings. The van der Waals surface area contributed by atoms with E-state index in [4.69, 9.17) is 10.5 Å². The van der Waals surface area contributed by atoms with E-state index in [1.807, 2.05) is 25.1 Å². The van der Waals surface area contributed by atoms with E-state index in [-0.39, 0.29) is 0 Å². The average Bonchev–Trinajstić information content (AvgIpc) is 2.43. The van der Waals surface area contributed by atoms with Crippen molar-refractivity contribution in [2.75, 3.05) is 18.2 Å². The van der Waals surface area contributed by atoms with Gasteiger partial charge in [-0.1, -0.05) is 6.07 Å². The van der Waals surface area contributed by atoms with Gasteiger partial charge in [0.05, 0.1) is 24.0 Å². The molecule has 0 aromatic heterocycles. The number of rotatable bonds is 3. The van der Waals surface area contributed by atoms with Crippen molar-refractivity contribution in [1.82, 2.24) is 0 Å². The first-order valence-electron chi connectivity index (χ1n) is 6.02. The highest BCUT2D eigenvalue weighted by molar-refractivity contribution is 9.10. The largest absolute Gasteiger partial charge is 0.465 e. The van der Waals surface area contributed by atoms with Crippen LogP contribution >= 0.6 is 15.9 Å². The summed E-state index contributed by atoms with van der Waals surface area (Å²) >= 11 is 3.48. The van der Waals surface area contributed by atoms with E-state index < -0.39 is 5.97 Å². The van der Waals surface area contributed by atoms with Crippen LogP contribution < -0.4 is 11.1 Å². The Morgan fingerprint density at radius 2 is 1.95 bits per heavy atom. The highest BCUT2D eigenvalue weighted by Crippen LogP contribution is 2.29. The zero-order valence-corrected chi connectivity index (χ0v) is 12.8. The molecule has 0 saturated carbocycles. The number of hydrogen-bond acceptors (Lipinski definition) is 4. The molecule has 4 nitrogen and oxygen atoms in total. The Balaban J connectivity index is 2.43. The number of anilines is 3. The van der Waals surface area contributed by atoms with Gasteiger partial charge in [0, 0.05) is 10.2 Å². The molecule has 0 heterocycles. The number of carbonyl (C=O) groups is 1. The number of aryl methyl sites for hydroxylation is 1. The van der Waals surface area contributed by atoms with Gasteiger partial charge in [0.1, 0.15) is 0 Å². The van der Waals surface area contributed by atoms with Crippen LogP contribution in [0.4, 0.5) is 17.1 Å². The van der Waals surface area contributed by atoms with Crippen LogP contribution in [0.2, 0.25) is 0 Å². The third-order valence-corrected chi connectivity index (χ3v) is 3.53. The second-order valence-electron chi connectivity index (χ2n) is 4.40. The molecule has 2 aromatic carbocycles. The lowest BCUT2D eigenvalue weighted by atomic mass is 10.1. The van der Waals surface area contributed by atoms with Gasteiger partial charge in [-0.25, -0.2) is 4.79 Å². The minimum Gasteiger partial charge on any atom is -0.465 e. The third kappa shape index (κ3) is 3.11. The summed E-state index contributed by atoms with van der Waals surface area (Å²) in [5.41, 5.74) is 9.28. The molecule has 0 amide bonds. The Labute approximate surface area is 126 Å². The van der Waals surface area contributed by atoms with E-state index in [1.54, 1.807) is 18.2 Å². The number of hydrogen-bond donors (Lipinski definition) is 2. The highest BCUT2D eigenvalue weighted by Gasteiger charge is 2.13. The van der Waals surface area contributed by atoms with Crippen LogP contribution in [-0.4, -0.2) is 13.1 Å². The summed E-state index contributed by atoms with van der Waals surface area (Å²) in [7, 11) is 1.35. The van der Waals surface area contributed by atoms with Crippen molar-refractivity contribution < 1.29 is 9.53 Å². The first-order chi connectivity index (χ1) is 9.51. The predicted octanol–water partition coefficient (Wildman–Crippen LogP) is 3.87. The average molecular weight is 335 g/mol. The summed E-state index contributed by atoms with van der Waals surface area (Å²) in [5, 5.41) is 3.22. The fraction of sp³-hybridized carbons (Fsp3) is 0.133. The maximum Gasteiger partial charge on any atom is 0.340 e. The predicted molar refractivity (Wildman–Crippen MR) is 84.4 cm³/mol. The van der Waals surface area contributed by atoms with E-state index in [9.17, 15) is 4.79 Å². The minimum absolute atomic E-state index is 0.404. The number of halogens is 1. The maximum absolute atomic E-state index is 11.8. The Bertz CT molecular complexity index is 656.